The fourth-order valence-corrected chi connectivity index (χ4v) is 1.10. The molecule has 0 spiro atoms. The molecule has 14 heavy (non-hydrogen) atoms. The molecule has 4 nitrogen and oxygen atoms in total. The second-order valence-electron chi connectivity index (χ2n) is 2.42. The zero-order valence-corrected chi connectivity index (χ0v) is 9.42. The molecule has 0 saturated heterocycles. The van der Waals surface area contributed by atoms with Crippen molar-refractivity contribution in [2.24, 2.45) is 0 Å². The van der Waals surface area contributed by atoms with Crippen molar-refractivity contribution in [2.45, 2.75) is 6.92 Å². The molecule has 78 valence electrons. The summed E-state index contributed by atoms with van der Waals surface area (Å²) in [4.78, 5) is 14.2. The van der Waals surface area contributed by atoms with E-state index in [1.54, 1.807) is 13.2 Å². The third-order valence-corrected chi connectivity index (χ3v) is 1.47. The van der Waals surface area contributed by atoms with Gasteiger partial charge in [0.2, 0.25) is 0 Å². The lowest BCUT2D eigenvalue weighted by Gasteiger charge is -2.00. The van der Waals surface area contributed by atoms with Crippen molar-refractivity contribution in [1.29, 1.82) is 0 Å². The molecule has 0 heterocycles. The summed E-state index contributed by atoms with van der Waals surface area (Å²) in [5.41, 5.74) is 1.12. The van der Waals surface area contributed by atoms with Gasteiger partial charge in [-0.2, -0.15) is 0 Å². The average Bonchev–Trinajstić information content (AvgIpc) is 2.01. The van der Waals surface area contributed by atoms with E-state index in [9.17, 15) is 0 Å². The third kappa shape index (κ3) is 6.80. The summed E-state index contributed by atoms with van der Waals surface area (Å²) in [5, 5.41) is 0.719. The van der Waals surface area contributed by atoms with Crippen LogP contribution in [0.1, 0.15) is 5.56 Å². The molecular formula is C8H11ClO4P+. The molecule has 0 amide bonds. The van der Waals surface area contributed by atoms with Crippen molar-refractivity contribution in [1.82, 2.24) is 0 Å². The Bertz CT molecular complexity index is 292. The number of hydrogen-bond donors (Lipinski definition) is 2. The normalized spacial score (nSPS) is 8.64. The monoisotopic (exact) mass is 237 g/mol. The molecule has 1 aromatic carbocycles. The first-order chi connectivity index (χ1) is 6.45. The molecule has 0 unspecified atom stereocenters. The van der Waals surface area contributed by atoms with Gasteiger partial charge in [0.1, 0.15) is 5.75 Å². The van der Waals surface area contributed by atoms with E-state index in [0.29, 0.717) is 0 Å². The summed E-state index contributed by atoms with van der Waals surface area (Å²) >= 11 is 5.75. The Hall–Kier alpha value is -0.670. The van der Waals surface area contributed by atoms with E-state index in [1.165, 1.54) is 0 Å². The van der Waals surface area contributed by atoms with Gasteiger partial charge in [0.25, 0.3) is 0 Å². The molecule has 0 saturated carbocycles. The summed E-state index contributed by atoms with van der Waals surface area (Å²) in [5.74, 6) is 0.810. The Kier molecular flexibility index (Phi) is 6.41. The van der Waals surface area contributed by atoms with Gasteiger partial charge in [0, 0.05) is 9.59 Å². The molecule has 0 aliphatic carbocycles. The summed E-state index contributed by atoms with van der Waals surface area (Å²) in [7, 11) is -1.24. The van der Waals surface area contributed by atoms with Crippen LogP contribution in [0, 0.1) is 6.92 Å². The zero-order valence-electron chi connectivity index (χ0n) is 7.77. The second kappa shape index (κ2) is 6.74. The van der Waals surface area contributed by atoms with E-state index < -0.39 is 8.25 Å². The van der Waals surface area contributed by atoms with Crippen molar-refractivity contribution in [2.75, 3.05) is 7.11 Å². The molecular weight excluding hydrogens is 227 g/mol. The summed E-state index contributed by atoms with van der Waals surface area (Å²) in [6.45, 7) is 1.98. The van der Waals surface area contributed by atoms with Crippen LogP contribution in [0.25, 0.3) is 0 Å². The van der Waals surface area contributed by atoms with E-state index in [-0.39, 0.29) is 0 Å². The van der Waals surface area contributed by atoms with Crippen molar-refractivity contribution >= 4 is 19.9 Å². The van der Waals surface area contributed by atoms with Crippen molar-refractivity contribution in [3.05, 3.63) is 28.8 Å². The van der Waals surface area contributed by atoms with E-state index in [2.05, 4.69) is 0 Å². The van der Waals surface area contributed by atoms with Crippen LogP contribution >= 0.6 is 19.9 Å². The maximum absolute atomic E-state index is 8.70. The lowest BCUT2D eigenvalue weighted by Crippen LogP contribution is -1.82. The highest BCUT2D eigenvalue weighted by molar-refractivity contribution is 7.30. The SMILES string of the molecule is COc1cc(C)cc(Cl)c1.O=[P+](O)O. The fraction of sp³-hybridized carbons (Fsp3) is 0.250. The lowest BCUT2D eigenvalue weighted by atomic mass is 10.2. The van der Waals surface area contributed by atoms with Gasteiger partial charge in [-0.1, -0.05) is 11.6 Å². The molecule has 0 bridgehead atoms. The quantitative estimate of drug-likeness (QED) is 0.736. The second-order valence-corrected chi connectivity index (χ2v) is 3.36. The number of aryl methyl sites for hydroxylation is 1. The lowest BCUT2D eigenvalue weighted by molar-refractivity contribution is 0.405. The molecule has 2 N–H and O–H groups in total. The molecule has 0 atom stereocenters. The van der Waals surface area contributed by atoms with Crippen LogP contribution in [0.2, 0.25) is 5.02 Å². The van der Waals surface area contributed by atoms with E-state index in [0.717, 1.165) is 16.3 Å². The van der Waals surface area contributed by atoms with Crippen LogP contribution in [0.4, 0.5) is 0 Å². The van der Waals surface area contributed by atoms with Crippen molar-refractivity contribution in [3.8, 4) is 5.75 Å². The molecule has 1 rings (SSSR count). The predicted molar refractivity (Wildman–Crippen MR) is 54.8 cm³/mol. The third-order valence-electron chi connectivity index (χ3n) is 1.25. The number of methoxy groups -OCH3 is 1. The Morgan fingerprint density at radius 3 is 2.21 bits per heavy atom. The fourth-order valence-electron chi connectivity index (χ4n) is 0.821. The van der Waals surface area contributed by atoms with Crippen molar-refractivity contribution in [3.63, 3.8) is 0 Å². The van der Waals surface area contributed by atoms with Crippen LogP contribution in [0.5, 0.6) is 5.75 Å². The van der Waals surface area contributed by atoms with Gasteiger partial charge in [0.15, 0.2) is 0 Å². The minimum absolute atomic E-state index is 0.719. The molecule has 0 aromatic heterocycles. The van der Waals surface area contributed by atoms with Crippen molar-refractivity contribution < 1.29 is 19.1 Å². The number of rotatable bonds is 1. The van der Waals surface area contributed by atoms with E-state index in [4.69, 9.17) is 30.7 Å². The maximum Gasteiger partial charge on any atom is 0.692 e. The number of halogens is 1. The van der Waals surface area contributed by atoms with E-state index >= 15 is 0 Å². The highest BCUT2D eigenvalue weighted by Gasteiger charge is 1.94. The maximum atomic E-state index is 8.70. The van der Waals surface area contributed by atoms with Gasteiger partial charge < -0.3 is 4.74 Å². The Morgan fingerprint density at radius 2 is 1.86 bits per heavy atom. The summed E-state index contributed by atoms with van der Waals surface area (Å²) < 4.78 is 13.7. The average molecular weight is 238 g/mol. The van der Waals surface area contributed by atoms with Gasteiger partial charge in [-0.05, 0) is 30.7 Å². The highest BCUT2D eigenvalue weighted by Crippen LogP contribution is 2.19. The molecule has 0 radical (unpaired) electrons. The minimum atomic E-state index is -2.87. The van der Waals surface area contributed by atoms with Gasteiger partial charge in [-0.3, -0.25) is 0 Å². The minimum Gasteiger partial charge on any atom is -0.497 e. The van der Waals surface area contributed by atoms with Crippen LogP contribution in [0.3, 0.4) is 0 Å². The molecule has 0 aliphatic rings. The van der Waals surface area contributed by atoms with Gasteiger partial charge in [-0.25, -0.2) is 0 Å². The van der Waals surface area contributed by atoms with E-state index in [1.807, 2.05) is 19.1 Å². The topological polar surface area (TPSA) is 66.8 Å². The van der Waals surface area contributed by atoms with Crippen LogP contribution in [0.15, 0.2) is 18.2 Å². The van der Waals surface area contributed by atoms with Gasteiger partial charge in [0.05, 0.1) is 7.11 Å². The van der Waals surface area contributed by atoms with Gasteiger partial charge in [-0.15, -0.1) is 9.79 Å². The van der Waals surface area contributed by atoms with Crippen LogP contribution in [-0.2, 0) is 4.57 Å². The number of benzene rings is 1. The smallest absolute Gasteiger partial charge is 0.497 e. The standard InChI is InChI=1S/C8H9ClO.HO3P/c1-6-3-7(9)5-8(4-6)10-2;1-4(2)3/h3-5H,1-2H3;(H-,1,2,3)/p+1. The predicted octanol–water partition coefficient (Wildman–Crippen LogP) is 2.29. The first kappa shape index (κ1) is 13.3. The summed E-state index contributed by atoms with van der Waals surface area (Å²) in [6.07, 6.45) is 0. The first-order valence-corrected chi connectivity index (χ1v) is 5.16. The number of ether oxygens (including phenoxy) is 1. The molecule has 6 heteroatoms. The van der Waals surface area contributed by atoms with Gasteiger partial charge >= 0.3 is 8.25 Å². The Labute approximate surface area is 88.1 Å². The van der Waals surface area contributed by atoms with Crippen LogP contribution in [-0.4, -0.2) is 16.9 Å². The summed E-state index contributed by atoms with van der Waals surface area (Å²) in [6, 6.07) is 5.62. The zero-order chi connectivity index (χ0) is 11.1. The molecule has 1 aromatic rings. The largest absolute Gasteiger partial charge is 0.692 e. The molecule has 0 fully saturated rings. The van der Waals surface area contributed by atoms with Crippen LogP contribution < -0.4 is 4.74 Å². The Balaban J connectivity index is 0.000000364. The Morgan fingerprint density at radius 1 is 1.36 bits per heavy atom. The number of hydrogen-bond acceptors (Lipinski definition) is 2. The highest BCUT2D eigenvalue weighted by atomic mass is 35.5. The molecule has 0 aliphatic heterocycles. The first-order valence-electron chi connectivity index (χ1n) is 3.62.